The van der Waals surface area contributed by atoms with E-state index in [1.807, 2.05) is 18.2 Å². The molecule has 108 valence electrons. The average Bonchev–Trinajstić information content (AvgIpc) is 3.13. The molecule has 4 rings (SSSR count). The first-order valence-electron chi connectivity index (χ1n) is 7.06. The first-order valence-corrected chi connectivity index (χ1v) is 7.06. The van der Waals surface area contributed by atoms with Gasteiger partial charge >= 0.3 is 5.69 Å². The maximum Gasteiger partial charge on any atom is 0.323 e. The van der Waals surface area contributed by atoms with E-state index in [2.05, 4.69) is 20.2 Å². The number of hydrogen-bond acceptors (Lipinski definition) is 4. The van der Waals surface area contributed by atoms with Crippen molar-refractivity contribution in [3.8, 4) is 11.3 Å². The van der Waals surface area contributed by atoms with Crippen molar-refractivity contribution in [3.63, 3.8) is 0 Å². The lowest BCUT2D eigenvalue weighted by Gasteiger charge is -2.21. The SMILES string of the molecule is O=c1[nH]c2cccc(-c3cnn(C4CCCCO4)n3)c2[nH]1. The molecule has 3 aromatic rings. The lowest BCUT2D eigenvalue weighted by molar-refractivity contribution is -0.0479. The van der Waals surface area contributed by atoms with Crippen LogP contribution in [0.15, 0.2) is 29.2 Å². The van der Waals surface area contributed by atoms with E-state index in [1.54, 1.807) is 11.0 Å². The summed E-state index contributed by atoms with van der Waals surface area (Å²) in [5.74, 6) is 0. The lowest BCUT2D eigenvalue weighted by atomic mass is 10.1. The van der Waals surface area contributed by atoms with E-state index < -0.39 is 0 Å². The highest BCUT2D eigenvalue weighted by Gasteiger charge is 2.19. The molecule has 1 atom stereocenters. The van der Waals surface area contributed by atoms with Crippen LogP contribution < -0.4 is 5.69 Å². The van der Waals surface area contributed by atoms with Gasteiger partial charge in [-0.05, 0) is 25.3 Å². The second-order valence-corrected chi connectivity index (χ2v) is 5.18. The summed E-state index contributed by atoms with van der Waals surface area (Å²) in [6, 6.07) is 5.66. The van der Waals surface area contributed by atoms with Crippen LogP contribution in [0.25, 0.3) is 22.3 Å². The fraction of sp³-hybridized carbons (Fsp3) is 0.357. The number of para-hydroxylation sites is 1. The number of benzene rings is 1. The molecule has 1 fully saturated rings. The summed E-state index contributed by atoms with van der Waals surface area (Å²) in [5.41, 5.74) is 2.87. The molecule has 7 nitrogen and oxygen atoms in total. The van der Waals surface area contributed by atoms with Crippen molar-refractivity contribution >= 4 is 11.0 Å². The van der Waals surface area contributed by atoms with Gasteiger partial charge in [0.15, 0.2) is 6.23 Å². The van der Waals surface area contributed by atoms with Crippen molar-refractivity contribution in [3.05, 3.63) is 34.9 Å². The number of H-pyrrole nitrogens is 2. The number of imidazole rings is 1. The molecule has 0 bridgehead atoms. The Hall–Kier alpha value is -2.41. The third kappa shape index (κ3) is 2.15. The molecule has 1 aliphatic heterocycles. The van der Waals surface area contributed by atoms with Gasteiger partial charge in [-0.25, -0.2) is 4.79 Å². The first kappa shape index (κ1) is 12.3. The Labute approximate surface area is 119 Å². The van der Waals surface area contributed by atoms with Gasteiger partial charge in [0.1, 0.15) is 5.69 Å². The summed E-state index contributed by atoms with van der Waals surface area (Å²) in [7, 11) is 0. The van der Waals surface area contributed by atoms with E-state index >= 15 is 0 Å². The third-order valence-electron chi connectivity index (χ3n) is 3.75. The van der Waals surface area contributed by atoms with Crippen LogP contribution in [0.5, 0.6) is 0 Å². The third-order valence-corrected chi connectivity index (χ3v) is 3.75. The van der Waals surface area contributed by atoms with Crippen LogP contribution in [-0.4, -0.2) is 31.6 Å². The summed E-state index contributed by atoms with van der Waals surface area (Å²) in [5, 5.41) is 8.82. The van der Waals surface area contributed by atoms with E-state index in [0.717, 1.165) is 48.2 Å². The number of hydrogen-bond donors (Lipinski definition) is 2. The van der Waals surface area contributed by atoms with Gasteiger partial charge in [0.05, 0.1) is 17.2 Å². The summed E-state index contributed by atoms with van der Waals surface area (Å²) in [4.78, 5) is 18.6. The summed E-state index contributed by atoms with van der Waals surface area (Å²) in [6.45, 7) is 0.752. The van der Waals surface area contributed by atoms with E-state index in [-0.39, 0.29) is 11.9 Å². The molecule has 0 amide bonds. The van der Waals surface area contributed by atoms with Gasteiger partial charge in [0.2, 0.25) is 0 Å². The lowest BCUT2D eigenvalue weighted by Crippen LogP contribution is -2.20. The van der Waals surface area contributed by atoms with E-state index in [0.29, 0.717) is 0 Å². The minimum Gasteiger partial charge on any atom is -0.355 e. The van der Waals surface area contributed by atoms with Gasteiger partial charge in [0, 0.05) is 12.2 Å². The normalized spacial score (nSPS) is 19.1. The molecule has 1 aromatic carbocycles. The Kier molecular flexibility index (Phi) is 2.85. The highest BCUT2D eigenvalue weighted by atomic mass is 16.5. The van der Waals surface area contributed by atoms with Crippen molar-refractivity contribution in [2.24, 2.45) is 0 Å². The molecule has 3 heterocycles. The fourth-order valence-electron chi connectivity index (χ4n) is 2.72. The molecule has 1 saturated heterocycles. The molecule has 0 aliphatic carbocycles. The van der Waals surface area contributed by atoms with Gasteiger partial charge in [0.25, 0.3) is 0 Å². The van der Waals surface area contributed by atoms with Gasteiger partial charge in [-0.15, -0.1) is 0 Å². The van der Waals surface area contributed by atoms with E-state index in [4.69, 9.17) is 4.74 Å². The maximum absolute atomic E-state index is 11.5. The smallest absolute Gasteiger partial charge is 0.323 e. The van der Waals surface area contributed by atoms with Crippen LogP contribution in [0.1, 0.15) is 25.5 Å². The van der Waals surface area contributed by atoms with Gasteiger partial charge in [-0.3, -0.25) is 0 Å². The van der Waals surface area contributed by atoms with Crippen molar-refractivity contribution < 1.29 is 4.74 Å². The minimum absolute atomic E-state index is 0.0861. The predicted octanol–water partition coefficient (Wildman–Crippen LogP) is 1.81. The van der Waals surface area contributed by atoms with Crippen molar-refractivity contribution in [1.82, 2.24) is 25.0 Å². The zero-order valence-corrected chi connectivity index (χ0v) is 11.4. The number of aromatic amines is 2. The van der Waals surface area contributed by atoms with Crippen LogP contribution in [0, 0.1) is 0 Å². The largest absolute Gasteiger partial charge is 0.355 e. The Morgan fingerprint density at radius 2 is 2.24 bits per heavy atom. The van der Waals surface area contributed by atoms with Gasteiger partial charge in [-0.1, -0.05) is 12.1 Å². The molecule has 0 saturated carbocycles. The van der Waals surface area contributed by atoms with Gasteiger partial charge in [-0.2, -0.15) is 15.0 Å². The van der Waals surface area contributed by atoms with Crippen LogP contribution in [-0.2, 0) is 4.74 Å². The van der Waals surface area contributed by atoms with Crippen LogP contribution in [0.4, 0.5) is 0 Å². The number of aromatic nitrogens is 5. The molecular weight excluding hydrogens is 270 g/mol. The van der Waals surface area contributed by atoms with Crippen molar-refractivity contribution in [1.29, 1.82) is 0 Å². The maximum atomic E-state index is 11.5. The predicted molar refractivity (Wildman–Crippen MR) is 76.8 cm³/mol. The molecule has 2 N–H and O–H groups in total. The molecule has 0 radical (unpaired) electrons. The Balaban J connectivity index is 1.75. The number of fused-ring (bicyclic) bond motifs is 1. The molecule has 7 heteroatoms. The molecule has 0 spiro atoms. The van der Waals surface area contributed by atoms with Crippen molar-refractivity contribution in [2.75, 3.05) is 6.61 Å². The Morgan fingerprint density at radius 3 is 3.10 bits per heavy atom. The molecule has 21 heavy (non-hydrogen) atoms. The topological polar surface area (TPSA) is 88.6 Å². The fourth-order valence-corrected chi connectivity index (χ4v) is 2.72. The summed E-state index contributed by atoms with van der Waals surface area (Å²) < 4.78 is 5.68. The Morgan fingerprint density at radius 1 is 1.29 bits per heavy atom. The van der Waals surface area contributed by atoms with E-state index in [9.17, 15) is 4.79 Å². The summed E-state index contributed by atoms with van der Waals surface area (Å²) in [6.07, 6.45) is 4.77. The molecule has 1 aliphatic rings. The van der Waals surface area contributed by atoms with Crippen molar-refractivity contribution in [2.45, 2.75) is 25.5 Å². The highest BCUT2D eigenvalue weighted by Crippen LogP contribution is 2.26. The number of nitrogens with one attached hydrogen (secondary N) is 2. The minimum atomic E-state index is -0.222. The average molecular weight is 285 g/mol. The first-order chi connectivity index (χ1) is 10.3. The van der Waals surface area contributed by atoms with Gasteiger partial charge < -0.3 is 14.7 Å². The zero-order chi connectivity index (χ0) is 14.2. The number of nitrogens with zero attached hydrogens (tertiary/aromatic N) is 3. The van der Waals surface area contributed by atoms with E-state index in [1.165, 1.54) is 0 Å². The second kappa shape index (κ2) is 4.85. The number of ether oxygens (including phenoxy) is 1. The monoisotopic (exact) mass is 285 g/mol. The summed E-state index contributed by atoms with van der Waals surface area (Å²) >= 11 is 0. The highest BCUT2D eigenvalue weighted by molar-refractivity contribution is 5.90. The molecular formula is C14H15N5O2. The molecule has 2 aromatic heterocycles. The second-order valence-electron chi connectivity index (χ2n) is 5.18. The Bertz CT molecular complexity index is 825. The van der Waals surface area contributed by atoms with Crippen LogP contribution in [0.2, 0.25) is 0 Å². The van der Waals surface area contributed by atoms with Crippen LogP contribution >= 0.6 is 0 Å². The standard InChI is InChI=1S/C14H15N5O2/c20-14-16-10-5-3-4-9(13(10)17-14)11-8-15-19(18-11)12-6-1-2-7-21-12/h3-5,8,12H,1-2,6-7H2,(H2,16,17,20). The zero-order valence-electron chi connectivity index (χ0n) is 11.4. The number of rotatable bonds is 2. The molecule has 1 unspecified atom stereocenters. The quantitative estimate of drug-likeness (QED) is 0.751. The van der Waals surface area contributed by atoms with Crippen LogP contribution in [0.3, 0.4) is 0 Å².